The molecular weight excluding hydrogens is 527 g/mol. The molecule has 4 rings (SSSR count). The van der Waals surface area contributed by atoms with Crippen LogP contribution >= 0.6 is 23.2 Å². The van der Waals surface area contributed by atoms with Crippen molar-refractivity contribution in [3.8, 4) is 11.5 Å². The number of benzene rings is 2. The molecule has 0 spiro atoms. The number of carbonyl (C=O) groups is 2. The van der Waals surface area contributed by atoms with Gasteiger partial charge in [0.25, 0.3) is 5.91 Å². The van der Waals surface area contributed by atoms with Gasteiger partial charge in [-0.3, -0.25) is 9.59 Å². The molecule has 2 heterocycles. The van der Waals surface area contributed by atoms with Gasteiger partial charge in [0.2, 0.25) is 5.91 Å². The molecular formula is C29H36Cl2N2O5. The fourth-order valence-corrected chi connectivity index (χ4v) is 5.51. The maximum absolute atomic E-state index is 13.4. The van der Waals surface area contributed by atoms with Crippen molar-refractivity contribution < 1.29 is 24.2 Å². The summed E-state index contributed by atoms with van der Waals surface area (Å²) >= 11 is 12.3. The van der Waals surface area contributed by atoms with Gasteiger partial charge in [-0.25, -0.2) is 0 Å². The lowest BCUT2D eigenvalue weighted by Crippen LogP contribution is -2.52. The van der Waals surface area contributed by atoms with E-state index in [0.29, 0.717) is 67.2 Å². The molecule has 7 nitrogen and oxygen atoms in total. The van der Waals surface area contributed by atoms with Gasteiger partial charge in [-0.15, -0.1) is 0 Å². The van der Waals surface area contributed by atoms with Crippen LogP contribution in [0.4, 0.5) is 0 Å². The van der Waals surface area contributed by atoms with Gasteiger partial charge < -0.3 is 24.4 Å². The van der Waals surface area contributed by atoms with E-state index in [-0.39, 0.29) is 30.9 Å². The van der Waals surface area contributed by atoms with Crippen LogP contribution in [-0.4, -0.2) is 72.2 Å². The fraction of sp³-hybridized carbons (Fsp3) is 0.517. The number of halogens is 2. The molecule has 2 saturated heterocycles. The summed E-state index contributed by atoms with van der Waals surface area (Å²) in [4.78, 5) is 30.2. The number of aliphatic hydroxyl groups is 1. The van der Waals surface area contributed by atoms with Gasteiger partial charge in [0.15, 0.2) is 6.61 Å². The third kappa shape index (κ3) is 7.33. The Morgan fingerprint density at radius 1 is 0.947 bits per heavy atom. The Bertz CT molecular complexity index is 1110. The van der Waals surface area contributed by atoms with E-state index in [4.69, 9.17) is 32.7 Å². The van der Waals surface area contributed by atoms with Crippen molar-refractivity contribution in [2.24, 2.45) is 5.41 Å². The van der Waals surface area contributed by atoms with E-state index in [0.717, 1.165) is 24.0 Å². The highest BCUT2D eigenvalue weighted by Crippen LogP contribution is 2.36. The van der Waals surface area contributed by atoms with E-state index in [9.17, 15) is 14.7 Å². The smallest absolute Gasteiger partial charge is 0.260 e. The molecule has 2 aliphatic heterocycles. The van der Waals surface area contributed by atoms with Gasteiger partial charge in [-0.1, -0.05) is 23.2 Å². The number of aliphatic hydroxyl groups excluding tert-OH is 1. The second-order valence-electron chi connectivity index (χ2n) is 10.6. The van der Waals surface area contributed by atoms with Crippen LogP contribution in [0, 0.1) is 19.3 Å². The Balaban J connectivity index is 1.47. The average Bonchev–Trinajstić information content (AvgIpc) is 2.90. The Morgan fingerprint density at radius 2 is 1.61 bits per heavy atom. The topological polar surface area (TPSA) is 79.3 Å². The Kier molecular flexibility index (Phi) is 9.45. The normalized spacial score (nSPS) is 20.3. The van der Waals surface area contributed by atoms with E-state index in [1.807, 2.05) is 30.9 Å². The molecule has 0 radical (unpaired) electrons. The Morgan fingerprint density at radius 3 is 2.26 bits per heavy atom. The first kappa shape index (κ1) is 28.5. The van der Waals surface area contributed by atoms with Crippen LogP contribution in [0.15, 0.2) is 36.4 Å². The third-order valence-corrected chi connectivity index (χ3v) is 8.34. The summed E-state index contributed by atoms with van der Waals surface area (Å²) < 4.78 is 12.0. The highest BCUT2D eigenvalue weighted by atomic mass is 35.5. The molecule has 0 aromatic heterocycles. The molecule has 2 fully saturated rings. The molecule has 2 amide bonds. The van der Waals surface area contributed by atoms with Crippen LogP contribution in [0.25, 0.3) is 0 Å². The second-order valence-corrected chi connectivity index (χ2v) is 11.4. The first-order valence-corrected chi connectivity index (χ1v) is 13.9. The summed E-state index contributed by atoms with van der Waals surface area (Å²) in [7, 11) is 0. The highest BCUT2D eigenvalue weighted by molar-refractivity contribution is 6.32. The third-order valence-electron chi connectivity index (χ3n) is 7.49. The molecule has 2 aromatic rings. The quantitative estimate of drug-likeness (QED) is 0.487. The number of hydrogen-bond acceptors (Lipinski definition) is 5. The van der Waals surface area contributed by atoms with E-state index in [1.165, 1.54) is 0 Å². The molecule has 0 bridgehead atoms. The number of aryl methyl sites for hydroxylation is 2. The van der Waals surface area contributed by atoms with Crippen molar-refractivity contribution in [1.29, 1.82) is 0 Å². The fourth-order valence-electron chi connectivity index (χ4n) is 5.27. The molecule has 38 heavy (non-hydrogen) atoms. The van der Waals surface area contributed by atoms with Gasteiger partial charge in [-0.05, 0) is 87.1 Å². The zero-order chi connectivity index (χ0) is 27.3. The van der Waals surface area contributed by atoms with Crippen molar-refractivity contribution in [3.05, 3.63) is 57.6 Å². The van der Waals surface area contributed by atoms with E-state index >= 15 is 0 Å². The number of carbonyl (C=O) groups excluding carboxylic acids is 2. The number of hydrogen-bond donors (Lipinski definition) is 1. The predicted molar refractivity (Wildman–Crippen MR) is 148 cm³/mol. The summed E-state index contributed by atoms with van der Waals surface area (Å²) in [5.41, 5.74) is 1.32. The lowest BCUT2D eigenvalue weighted by Gasteiger charge is -2.43. The Hall–Kier alpha value is -2.48. The standard InChI is InChI=1S/C29H36Cl2N2O5/c1-20-14-25(15-21(2)28(20)31)38-19-29(16-26(35)32-12-8-23(34)9-13-32)10-3-11-33(18-29)27(36)17-37-24-6-4-22(30)5-7-24/h4-7,14-15,23,34H,3,8-13,16-19H2,1-2H3. The number of nitrogens with zero attached hydrogens (tertiary/aromatic N) is 2. The number of ether oxygens (including phenoxy) is 2. The maximum atomic E-state index is 13.4. The van der Waals surface area contributed by atoms with Crippen molar-refractivity contribution in [2.45, 2.75) is 52.1 Å². The van der Waals surface area contributed by atoms with Crippen LogP contribution in [0.2, 0.25) is 10.0 Å². The minimum atomic E-state index is -0.539. The second kappa shape index (κ2) is 12.6. The van der Waals surface area contributed by atoms with Crippen molar-refractivity contribution in [3.63, 3.8) is 0 Å². The van der Waals surface area contributed by atoms with Crippen LogP contribution in [0.5, 0.6) is 11.5 Å². The molecule has 9 heteroatoms. The predicted octanol–water partition coefficient (Wildman–Crippen LogP) is 5.05. The van der Waals surface area contributed by atoms with Crippen molar-refractivity contribution >= 4 is 35.0 Å². The average molecular weight is 564 g/mol. The van der Waals surface area contributed by atoms with Gasteiger partial charge in [0, 0.05) is 48.1 Å². The highest BCUT2D eigenvalue weighted by Gasteiger charge is 2.41. The van der Waals surface area contributed by atoms with Crippen LogP contribution < -0.4 is 9.47 Å². The van der Waals surface area contributed by atoms with Gasteiger partial charge in [0.05, 0.1) is 12.7 Å². The molecule has 2 aliphatic rings. The molecule has 1 N–H and O–H groups in total. The first-order valence-electron chi connectivity index (χ1n) is 13.2. The van der Waals surface area contributed by atoms with Crippen LogP contribution in [0.3, 0.4) is 0 Å². The maximum Gasteiger partial charge on any atom is 0.260 e. The largest absolute Gasteiger partial charge is 0.493 e. The van der Waals surface area contributed by atoms with Crippen LogP contribution in [-0.2, 0) is 9.59 Å². The van der Waals surface area contributed by atoms with E-state index in [1.54, 1.807) is 29.2 Å². The summed E-state index contributed by atoms with van der Waals surface area (Å²) in [5.74, 6) is 1.18. The SMILES string of the molecule is Cc1cc(OCC2(CC(=O)N3CCC(O)CC3)CCCN(C(=O)COc3ccc(Cl)cc3)C2)cc(C)c1Cl. The summed E-state index contributed by atoms with van der Waals surface area (Å²) in [6.45, 7) is 6.19. The monoisotopic (exact) mass is 562 g/mol. The number of rotatable bonds is 8. The number of piperidine rings is 2. The minimum absolute atomic E-state index is 0.0377. The van der Waals surface area contributed by atoms with Crippen molar-refractivity contribution in [2.75, 3.05) is 39.4 Å². The molecule has 1 atom stereocenters. The lowest BCUT2D eigenvalue weighted by molar-refractivity contribution is -0.143. The lowest BCUT2D eigenvalue weighted by atomic mass is 9.77. The van der Waals surface area contributed by atoms with E-state index in [2.05, 4.69) is 0 Å². The minimum Gasteiger partial charge on any atom is -0.493 e. The van der Waals surface area contributed by atoms with Gasteiger partial charge in [-0.2, -0.15) is 0 Å². The Labute approximate surface area is 234 Å². The molecule has 1 unspecified atom stereocenters. The number of likely N-dealkylation sites (tertiary alicyclic amines) is 2. The zero-order valence-corrected chi connectivity index (χ0v) is 23.6. The van der Waals surface area contributed by atoms with Gasteiger partial charge >= 0.3 is 0 Å². The molecule has 206 valence electrons. The summed E-state index contributed by atoms with van der Waals surface area (Å²) in [6.07, 6.45) is 2.63. The molecule has 0 saturated carbocycles. The first-order chi connectivity index (χ1) is 18.1. The summed E-state index contributed by atoms with van der Waals surface area (Å²) in [6, 6.07) is 10.7. The summed E-state index contributed by atoms with van der Waals surface area (Å²) in [5, 5.41) is 11.2. The number of amides is 2. The van der Waals surface area contributed by atoms with Crippen LogP contribution in [0.1, 0.15) is 43.2 Å². The molecule has 2 aromatic carbocycles. The zero-order valence-electron chi connectivity index (χ0n) is 22.1. The van der Waals surface area contributed by atoms with Crippen molar-refractivity contribution in [1.82, 2.24) is 9.80 Å². The molecule has 0 aliphatic carbocycles. The van der Waals surface area contributed by atoms with E-state index < -0.39 is 5.41 Å². The van der Waals surface area contributed by atoms with Gasteiger partial charge in [0.1, 0.15) is 11.5 Å².